The zero-order valence-corrected chi connectivity index (χ0v) is 13.6. The van der Waals surface area contributed by atoms with E-state index >= 15 is 0 Å². The van der Waals surface area contributed by atoms with E-state index in [1.165, 1.54) is 12.3 Å². The minimum Gasteiger partial charge on any atom is -0.367 e. The van der Waals surface area contributed by atoms with Gasteiger partial charge in [-0.15, -0.1) is 0 Å². The fourth-order valence-corrected chi connectivity index (χ4v) is 3.22. The highest BCUT2D eigenvalue weighted by molar-refractivity contribution is 5.85. The van der Waals surface area contributed by atoms with Gasteiger partial charge in [-0.25, -0.2) is 13.8 Å². The van der Waals surface area contributed by atoms with Gasteiger partial charge in [-0.2, -0.15) is 0 Å². The molecule has 0 bridgehead atoms. The van der Waals surface area contributed by atoms with E-state index in [0.717, 1.165) is 25.9 Å². The standard InChI is InChI=1S/C19H18F2N4/c20-16-9-13(8-12-2-1-5-23-19(12)16)15-10-18(24-11-17(15)21)25-14-3-6-22-7-4-14/h1-2,5,8-11,14,22H,3-4,6-7H2,(H,24,25). The van der Waals surface area contributed by atoms with Crippen LogP contribution in [0.3, 0.4) is 0 Å². The first-order chi connectivity index (χ1) is 12.2. The lowest BCUT2D eigenvalue weighted by molar-refractivity contribution is 0.478. The van der Waals surface area contributed by atoms with Crippen molar-refractivity contribution in [3.05, 3.63) is 54.4 Å². The number of nitrogens with zero attached hydrogens (tertiary/aromatic N) is 2. The van der Waals surface area contributed by atoms with Gasteiger partial charge in [0.2, 0.25) is 0 Å². The number of hydrogen-bond acceptors (Lipinski definition) is 4. The smallest absolute Gasteiger partial charge is 0.150 e. The summed E-state index contributed by atoms with van der Waals surface area (Å²) in [6.45, 7) is 1.91. The molecule has 3 heterocycles. The predicted octanol–water partition coefficient (Wildman–Crippen LogP) is 3.74. The van der Waals surface area contributed by atoms with E-state index in [4.69, 9.17) is 0 Å². The van der Waals surface area contributed by atoms with Crippen LogP contribution in [-0.4, -0.2) is 29.1 Å². The number of pyridine rings is 2. The van der Waals surface area contributed by atoms with Gasteiger partial charge >= 0.3 is 0 Å². The van der Waals surface area contributed by atoms with Crippen molar-refractivity contribution >= 4 is 16.7 Å². The lowest BCUT2D eigenvalue weighted by Crippen LogP contribution is -2.35. The van der Waals surface area contributed by atoms with Gasteiger partial charge in [-0.05, 0) is 55.8 Å². The van der Waals surface area contributed by atoms with E-state index < -0.39 is 11.6 Å². The van der Waals surface area contributed by atoms with Gasteiger partial charge in [0.25, 0.3) is 0 Å². The van der Waals surface area contributed by atoms with Crippen LogP contribution < -0.4 is 10.6 Å². The molecule has 1 saturated heterocycles. The monoisotopic (exact) mass is 340 g/mol. The second-order valence-corrected chi connectivity index (χ2v) is 6.25. The minimum absolute atomic E-state index is 0.286. The molecule has 128 valence electrons. The molecule has 0 amide bonds. The molecule has 0 spiro atoms. The first-order valence-corrected chi connectivity index (χ1v) is 8.38. The molecular formula is C19H18F2N4. The van der Waals surface area contributed by atoms with Gasteiger partial charge in [0, 0.05) is 23.2 Å². The number of fused-ring (bicyclic) bond motifs is 1. The summed E-state index contributed by atoms with van der Waals surface area (Å²) in [5.74, 6) is -0.328. The number of rotatable bonds is 3. The van der Waals surface area contributed by atoms with Gasteiger partial charge < -0.3 is 10.6 Å². The van der Waals surface area contributed by atoms with E-state index in [9.17, 15) is 8.78 Å². The highest BCUT2D eigenvalue weighted by atomic mass is 19.1. The molecule has 4 nitrogen and oxygen atoms in total. The third kappa shape index (κ3) is 3.30. The quantitative estimate of drug-likeness (QED) is 0.763. The maximum Gasteiger partial charge on any atom is 0.150 e. The summed E-state index contributed by atoms with van der Waals surface area (Å²) in [5, 5.41) is 7.29. The van der Waals surface area contributed by atoms with Crippen molar-refractivity contribution in [1.29, 1.82) is 0 Å². The summed E-state index contributed by atoms with van der Waals surface area (Å²) in [7, 11) is 0. The van der Waals surface area contributed by atoms with Crippen molar-refractivity contribution < 1.29 is 8.78 Å². The zero-order chi connectivity index (χ0) is 17.2. The predicted molar refractivity (Wildman–Crippen MR) is 94.4 cm³/mol. The molecular weight excluding hydrogens is 322 g/mol. The molecule has 25 heavy (non-hydrogen) atoms. The number of nitrogens with one attached hydrogen (secondary N) is 2. The third-order valence-corrected chi connectivity index (χ3v) is 4.52. The number of hydrogen-bond donors (Lipinski definition) is 2. The van der Waals surface area contributed by atoms with Gasteiger partial charge in [0.15, 0.2) is 0 Å². The topological polar surface area (TPSA) is 49.8 Å². The Labute approximate surface area is 144 Å². The fraction of sp³-hybridized carbons (Fsp3) is 0.263. The molecule has 2 aromatic heterocycles. The molecule has 0 aliphatic carbocycles. The summed E-state index contributed by atoms with van der Waals surface area (Å²) < 4.78 is 28.6. The highest BCUT2D eigenvalue weighted by Gasteiger charge is 2.15. The Hall–Kier alpha value is -2.60. The molecule has 6 heteroatoms. The second-order valence-electron chi connectivity index (χ2n) is 6.25. The first kappa shape index (κ1) is 15.9. The van der Waals surface area contributed by atoms with Crippen LogP contribution in [0.2, 0.25) is 0 Å². The van der Waals surface area contributed by atoms with E-state index in [1.54, 1.807) is 30.5 Å². The highest BCUT2D eigenvalue weighted by Crippen LogP contribution is 2.29. The number of piperidine rings is 1. The molecule has 0 saturated carbocycles. The average molecular weight is 340 g/mol. The Balaban J connectivity index is 1.70. The van der Waals surface area contributed by atoms with Crippen molar-refractivity contribution in [2.75, 3.05) is 18.4 Å². The van der Waals surface area contributed by atoms with Crippen LogP contribution in [-0.2, 0) is 0 Å². The summed E-state index contributed by atoms with van der Waals surface area (Å²) in [5.41, 5.74) is 1.09. The van der Waals surface area contributed by atoms with E-state index in [-0.39, 0.29) is 5.52 Å². The van der Waals surface area contributed by atoms with Crippen molar-refractivity contribution in [3.8, 4) is 11.1 Å². The minimum atomic E-state index is -0.474. The Kier molecular flexibility index (Phi) is 4.28. The number of halogens is 2. The molecule has 1 fully saturated rings. The Bertz CT molecular complexity index is 907. The first-order valence-electron chi connectivity index (χ1n) is 8.38. The van der Waals surface area contributed by atoms with Crippen LogP contribution in [0.25, 0.3) is 22.0 Å². The fourth-order valence-electron chi connectivity index (χ4n) is 3.22. The Morgan fingerprint density at radius 3 is 2.72 bits per heavy atom. The summed E-state index contributed by atoms with van der Waals surface area (Å²) in [4.78, 5) is 8.16. The lowest BCUT2D eigenvalue weighted by Gasteiger charge is -2.24. The summed E-state index contributed by atoms with van der Waals surface area (Å²) >= 11 is 0. The van der Waals surface area contributed by atoms with Gasteiger partial charge in [0.1, 0.15) is 23.0 Å². The maximum absolute atomic E-state index is 14.3. The van der Waals surface area contributed by atoms with E-state index in [2.05, 4.69) is 20.6 Å². The lowest BCUT2D eigenvalue weighted by atomic mass is 10.0. The normalized spacial score (nSPS) is 15.4. The number of aromatic nitrogens is 2. The van der Waals surface area contributed by atoms with E-state index in [1.807, 2.05) is 0 Å². The zero-order valence-electron chi connectivity index (χ0n) is 13.6. The molecule has 2 N–H and O–H groups in total. The van der Waals surface area contributed by atoms with Crippen molar-refractivity contribution in [2.24, 2.45) is 0 Å². The van der Waals surface area contributed by atoms with Crippen LogP contribution in [0.1, 0.15) is 12.8 Å². The molecule has 3 aromatic rings. The molecule has 1 aromatic carbocycles. The molecule has 1 aliphatic heterocycles. The van der Waals surface area contributed by atoms with Gasteiger partial charge in [-0.1, -0.05) is 6.07 Å². The Morgan fingerprint density at radius 1 is 1.04 bits per heavy atom. The van der Waals surface area contributed by atoms with Crippen LogP contribution >= 0.6 is 0 Å². The van der Waals surface area contributed by atoms with Crippen molar-refractivity contribution in [2.45, 2.75) is 18.9 Å². The average Bonchev–Trinajstić information content (AvgIpc) is 2.64. The molecule has 0 unspecified atom stereocenters. The molecule has 0 radical (unpaired) electrons. The molecule has 1 aliphatic rings. The van der Waals surface area contributed by atoms with E-state index in [0.29, 0.717) is 28.4 Å². The van der Waals surface area contributed by atoms with Crippen LogP contribution in [0.4, 0.5) is 14.6 Å². The third-order valence-electron chi connectivity index (χ3n) is 4.52. The summed E-state index contributed by atoms with van der Waals surface area (Å²) in [6, 6.07) is 8.53. The largest absolute Gasteiger partial charge is 0.367 e. The Morgan fingerprint density at radius 2 is 1.88 bits per heavy atom. The van der Waals surface area contributed by atoms with Gasteiger partial charge in [-0.3, -0.25) is 4.98 Å². The van der Waals surface area contributed by atoms with Crippen molar-refractivity contribution in [1.82, 2.24) is 15.3 Å². The molecule has 0 atom stereocenters. The maximum atomic E-state index is 14.3. The molecule has 4 rings (SSSR count). The summed E-state index contributed by atoms with van der Waals surface area (Å²) in [6.07, 6.45) is 4.71. The SMILES string of the molecule is Fc1cnc(NC2CCNCC2)cc1-c1cc(F)c2ncccc2c1. The van der Waals surface area contributed by atoms with Gasteiger partial charge in [0.05, 0.1) is 6.20 Å². The van der Waals surface area contributed by atoms with Crippen LogP contribution in [0.15, 0.2) is 42.7 Å². The second kappa shape index (κ2) is 6.72. The van der Waals surface area contributed by atoms with Crippen LogP contribution in [0.5, 0.6) is 0 Å². The van der Waals surface area contributed by atoms with Crippen LogP contribution in [0, 0.1) is 11.6 Å². The number of benzene rings is 1. The van der Waals surface area contributed by atoms with Crippen molar-refractivity contribution in [3.63, 3.8) is 0 Å². The number of anilines is 1.